The number of rotatable bonds is 2. The first-order chi connectivity index (χ1) is 3.88. The highest BCUT2D eigenvalue weighted by Crippen LogP contribution is 2.11. The lowest BCUT2D eigenvalue weighted by molar-refractivity contribution is 0.465. The molecule has 0 saturated carbocycles. The van der Waals surface area contributed by atoms with E-state index in [9.17, 15) is 0 Å². The molecule has 0 aromatic carbocycles. The van der Waals surface area contributed by atoms with Crippen molar-refractivity contribution in [1.29, 1.82) is 5.26 Å². The predicted molar refractivity (Wildman–Crippen MR) is 31.3 cm³/mol. The molecule has 1 fully saturated rings. The largest absolute Gasteiger partial charge is 0.286 e. The first-order valence-corrected chi connectivity index (χ1v) is 3.02. The zero-order chi connectivity index (χ0) is 5.98. The molecule has 1 atom stereocenters. The molecular weight excluding hydrogens is 100 g/mol. The maximum absolute atomic E-state index is 8.44. The number of nitrogens with zero attached hydrogens (tertiary/aromatic N) is 2. The van der Waals surface area contributed by atoms with Crippen LogP contribution < -0.4 is 0 Å². The summed E-state index contributed by atoms with van der Waals surface area (Å²) in [5, 5.41) is 8.44. The Hall–Kier alpha value is -0.550. The highest BCUT2D eigenvalue weighted by atomic mass is 15.3. The van der Waals surface area contributed by atoms with Crippen LogP contribution in [0.4, 0.5) is 0 Å². The van der Waals surface area contributed by atoms with Crippen molar-refractivity contribution >= 4 is 0 Å². The van der Waals surface area contributed by atoms with Gasteiger partial charge in [-0.15, -0.1) is 0 Å². The summed E-state index contributed by atoms with van der Waals surface area (Å²) in [6.45, 7) is 4.31. The van der Waals surface area contributed by atoms with Gasteiger partial charge in [0.2, 0.25) is 0 Å². The molecule has 0 spiro atoms. The minimum atomic E-state index is 0.204. The van der Waals surface area contributed by atoms with Crippen LogP contribution in [-0.2, 0) is 0 Å². The van der Waals surface area contributed by atoms with Crippen LogP contribution in [0.3, 0.4) is 0 Å². The summed E-state index contributed by atoms with van der Waals surface area (Å²) < 4.78 is 0. The molecule has 1 rings (SSSR count). The molecule has 1 aliphatic rings. The lowest BCUT2D eigenvalue weighted by atomic mass is 10.2. The van der Waals surface area contributed by atoms with E-state index in [1.807, 2.05) is 6.92 Å². The molecule has 0 N–H and O–H groups in total. The average Bonchev–Trinajstić information content (AvgIpc) is 2.53. The molecular formula is C6H10N2. The minimum absolute atomic E-state index is 0.204. The number of hydrogen-bond acceptors (Lipinski definition) is 2. The Labute approximate surface area is 49.7 Å². The topological polar surface area (TPSA) is 26.8 Å². The summed E-state index contributed by atoms with van der Waals surface area (Å²) in [4.78, 5) is 2.17. The minimum Gasteiger partial charge on any atom is -0.286 e. The fourth-order valence-corrected chi connectivity index (χ4v) is 0.801. The molecule has 8 heavy (non-hydrogen) atoms. The highest BCUT2D eigenvalue weighted by molar-refractivity contribution is 4.96. The van der Waals surface area contributed by atoms with Crippen LogP contribution in [0.5, 0.6) is 0 Å². The van der Waals surface area contributed by atoms with Crippen molar-refractivity contribution < 1.29 is 0 Å². The molecule has 1 heterocycles. The van der Waals surface area contributed by atoms with Gasteiger partial charge in [-0.2, -0.15) is 5.26 Å². The van der Waals surface area contributed by atoms with E-state index in [1.165, 1.54) is 0 Å². The van der Waals surface area contributed by atoms with Gasteiger partial charge in [0.25, 0.3) is 0 Å². The standard InChI is InChI=1S/C6H10N2/c1-2-6(5-7)8-3-4-8/h6H,2-4H2,1H3/t6-/m0/s1. The lowest BCUT2D eigenvalue weighted by Gasteiger charge is -2.02. The molecule has 2 heteroatoms. The second-order valence-corrected chi connectivity index (χ2v) is 2.09. The Morgan fingerprint density at radius 2 is 2.38 bits per heavy atom. The monoisotopic (exact) mass is 110 g/mol. The molecule has 1 saturated heterocycles. The van der Waals surface area contributed by atoms with Gasteiger partial charge in [0.1, 0.15) is 0 Å². The lowest BCUT2D eigenvalue weighted by Crippen LogP contribution is -2.13. The van der Waals surface area contributed by atoms with Gasteiger partial charge in [0, 0.05) is 13.1 Å². The van der Waals surface area contributed by atoms with E-state index in [4.69, 9.17) is 5.26 Å². The van der Waals surface area contributed by atoms with Gasteiger partial charge < -0.3 is 0 Å². The molecule has 44 valence electrons. The summed E-state index contributed by atoms with van der Waals surface area (Å²) in [5.41, 5.74) is 0. The average molecular weight is 110 g/mol. The van der Waals surface area contributed by atoms with Crippen molar-refractivity contribution in [3.63, 3.8) is 0 Å². The summed E-state index contributed by atoms with van der Waals surface area (Å²) in [7, 11) is 0. The van der Waals surface area contributed by atoms with E-state index >= 15 is 0 Å². The van der Waals surface area contributed by atoms with E-state index in [1.54, 1.807) is 0 Å². The second kappa shape index (κ2) is 2.15. The van der Waals surface area contributed by atoms with Crippen molar-refractivity contribution in [3.8, 4) is 6.07 Å². The van der Waals surface area contributed by atoms with Crippen molar-refractivity contribution in [2.75, 3.05) is 13.1 Å². The molecule has 0 amide bonds. The van der Waals surface area contributed by atoms with Crippen LogP contribution in [0.2, 0.25) is 0 Å². The van der Waals surface area contributed by atoms with Gasteiger partial charge >= 0.3 is 0 Å². The Bertz CT molecular complexity index is 110. The van der Waals surface area contributed by atoms with Crippen molar-refractivity contribution in [2.24, 2.45) is 0 Å². The normalized spacial score (nSPS) is 22.0. The van der Waals surface area contributed by atoms with E-state index in [2.05, 4.69) is 11.0 Å². The quantitative estimate of drug-likeness (QED) is 0.487. The summed E-state index contributed by atoms with van der Waals surface area (Å²) in [5.74, 6) is 0. The molecule has 0 radical (unpaired) electrons. The number of hydrogen-bond donors (Lipinski definition) is 0. The van der Waals surface area contributed by atoms with Gasteiger partial charge in [0.15, 0.2) is 0 Å². The first kappa shape index (κ1) is 5.58. The maximum atomic E-state index is 8.44. The third-order valence-electron chi connectivity index (χ3n) is 1.46. The highest BCUT2D eigenvalue weighted by Gasteiger charge is 2.25. The summed E-state index contributed by atoms with van der Waals surface area (Å²) in [6, 6.07) is 2.44. The SMILES string of the molecule is CC[C@@H](C#N)N1CC1. The summed E-state index contributed by atoms with van der Waals surface area (Å²) in [6.07, 6.45) is 0.969. The van der Waals surface area contributed by atoms with Crippen LogP contribution in [0.25, 0.3) is 0 Å². The third-order valence-corrected chi connectivity index (χ3v) is 1.46. The third kappa shape index (κ3) is 0.988. The van der Waals surface area contributed by atoms with Gasteiger partial charge in [0.05, 0.1) is 12.1 Å². The molecule has 1 aliphatic heterocycles. The van der Waals surface area contributed by atoms with Crippen molar-refractivity contribution in [2.45, 2.75) is 19.4 Å². The van der Waals surface area contributed by atoms with E-state index in [0.717, 1.165) is 19.5 Å². The fourth-order valence-electron chi connectivity index (χ4n) is 0.801. The smallest absolute Gasteiger partial charge is 0.0976 e. The van der Waals surface area contributed by atoms with E-state index in [-0.39, 0.29) is 6.04 Å². The molecule has 0 aliphatic carbocycles. The molecule has 0 aromatic rings. The summed E-state index contributed by atoms with van der Waals surface area (Å²) >= 11 is 0. The van der Waals surface area contributed by atoms with Crippen LogP contribution >= 0.6 is 0 Å². The van der Waals surface area contributed by atoms with Gasteiger partial charge in [-0.3, -0.25) is 4.90 Å². The number of nitriles is 1. The predicted octanol–water partition coefficient (Wildman–Crippen LogP) is 0.604. The molecule has 0 bridgehead atoms. The van der Waals surface area contributed by atoms with Gasteiger partial charge in [-0.1, -0.05) is 6.92 Å². The molecule has 2 nitrogen and oxygen atoms in total. The Kier molecular flexibility index (Phi) is 1.50. The zero-order valence-corrected chi connectivity index (χ0v) is 5.09. The zero-order valence-electron chi connectivity index (χ0n) is 5.09. The fraction of sp³-hybridized carbons (Fsp3) is 0.833. The van der Waals surface area contributed by atoms with Crippen LogP contribution in [-0.4, -0.2) is 24.0 Å². The van der Waals surface area contributed by atoms with Gasteiger partial charge in [-0.25, -0.2) is 0 Å². The Morgan fingerprint density at radius 3 is 2.50 bits per heavy atom. The van der Waals surface area contributed by atoms with E-state index < -0.39 is 0 Å². The Morgan fingerprint density at radius 1 is 1.75 bits per heavy atom. The van der Waals surface area contributed by atoms with Gasteiger partial charge in [-0.05, 0) is 6.42 Å². The van der Waals surface area contributed by atoms with Crippen LogP contribution in [0.1, 0.15) is 13.3 Å². The second-order valence-electron chi connectivity index (χ2n) is 2.09. The maximum Gasteiger partial charge on any atom is 0.0976 e. The van der Waals surface area contributed by atoms with Crippen LogP contribution in [0.15, 0.2) is 0 Å². The molecule has 0 aromatic heterocycles. The van der Waals surface area contributed by atoms with Crippen LogP contribution in [0, 0.1) is 11.3 Å². The Balaban J connectivity index is 2.29. The van der Waals surface area contributed by atoms with Crippen molar-refractivity contribution in [1.82, 2.24) is 4.90 Å². The molecule has 0 unspecified atom stereocenters. The first-order valence-electron chi connectivity index (χ1n) is 3.02. The van der Waals surface area contributed by atoms with Crippen molar-refractivity contribution in [3.05, 3.63) is 0 Å². The van der Waals surface area contributed by atoms with E-state index in [0.29, 0.717) is 0 Å².